The van der Waals surface area contributed by atoms with Crippen molar-refractivity contribution in [3.8, 4) is 5.88 Å². The first-order valence-corrected chi connectivity index (χ1v) is 11.9. The maximum Gasteiger partial charge on any atom is 0.269 e. The summed E-state index contributed by atoms with van der Waals surface area (Å²) in [5.41, 5.74) is 1.33. The van der Waals surface area contributed by atoms with Gasteiger partial charge in [-0.25, -0.2) is 9.37 Å². The lowest BCUT2D eigenvalue weighted by atomic mass is 9.89. The second-order valence-electron chi connectivity index (χ2n) is 8.81. The van der Waals surface area contributed by atoms with Crippen molar-refractivity contribution >= 4 is 23.1 Å². The Balaban J connectivity index is 1.42. The molecule has 0 unspecified atom stereocenters. The van der Waals surface area contributed by atoms with Gasteiger partial charge in [-0.3, -0.25) is 19.7 Å². The van der Waals surface area contributed by atoms with Crippen LogP contribution in [0.1, 0.15) is 33.6 Å². The van der Waals surface area contributed by atoms with Crippen LogP contribution in [-0.2, 0) is 0 Å². The molecule has 192 valence electrons. The molecule has 0 radical (unpaired) electrons. The number of nitrogens with zero attached hydrogens (tertiary/aromatic N) is 4. The van der Waals surface area contributed by atoms with Crippen LogP contribution in [0.2, 0.25) is 0 Å². The van der Waals surface area contributed by atoms with Gasteiger partial charge in [-0.15, -0.1) is 0 Å². The molecule has 2 heterocycles. The summed E-state index contributed by atoms with van der Waals surface area (Å²) in [6.07, 6.45) is 2.91. The Labute approximate surface area is 213 Å². The number of nitro benzene ring substituents is 1. The van der Waals surface area contributed by atoms with E-state index in [2.05, 4.69) is 9.88 Å². The van der Waals surface area contributed by atoms with Gasteiger partial charge in [0.2, 0.25) is 5.88 Å². The van der Waals surface area contributed by atoms with Gasteiger partial charge in [-0.2, -0.15) is 0 Å². The van der Waals surface area contributed by atoms with E-state index in [1.165, 1.54) is 55.6 Å². The molecule has 1 aliphatic rings. The zero-order valence-corrected chi connectivity index (χ0v) is 20.4. The Kier molecular flexibility index (Phi) is 8.19. The molecular weight excluding hydrogens is 479 g/mol. The molecule has 3 aromatic rings. The predicted molar refractivity (Wildman–Crippen MR) is 135 cm³/mol. The highest BCUT2D eigenvalue weighted by atomic mass is 19.1. The van der Waals surface area contributed by atoms with Crippen molar-refractivity contribution in [1.82, 2.24) is 9.88 Å². The number of anilines is 1. The molecule has 0 saturated carbocycles. The largest absolute Gasteiger partial charge is 0.481 e. The lowest BCUT2D eigenvalue weighted by Crippen LogP contribution is -2.43. The summed E-state index contributed by atoms with van der Waals surface area (Å²) in [5.74, 6) is -0.349. The molecule has 0 atom stereocenters. The second-order valence-corrected chi connectivity index (χ2v) is 8.81. The Bertz CT molecular complexity index is 1240. The molecule has 1 saturated heterocycles. The van der Waals surface area contributed by atoms with Crippen LogP contribution in [0.4, 0.5) is 15.8 Å². The van der Waals surface area contributed by atoms with Crippen LogP contribution < -0.4 is 9.64 Å². The van der Waals surface area contributed by atoms with Crippen molar-refractivity contribution in [2.24, 2.45) is 5.92 Å². The highest BCUT2D eigenvalue weighted by Gasteiger charge is 2.27. The molecule has 0 N–H and O–H groups in total. The number of carbonyl (C=O) groups is 2. The number of rotatable bonds is 9. The number of hydrogen-bond donors (Lipinski definition) is 0. The van der Waals surface area contributed by atoms with E-state index in [0.29, 0.717) is 61.7 Å². The minimum atomic E-state index is -0.510. The monoisotopic (exact) mass is 506 g/mol. The van der Waals surface area contributed by atoms with Crippen LogP contribution in [-0.4, -0.2) is 59.8 Å². The number of pyridine rings is 1. The van der Waals surface area contributed by atoms with Crippen molar-refractivity contribution in [2.75, 3.05) is 38.2 Å². The van der Waals surface area contributed by atoms with E-state index in [1.807, 2.05) is 0 Å². The number of nitro groups is 1. The SMILES string of the molecule is COc1ccc(N(CCN2CCC(C(=O)c3ccc(F)cc3)CC2)C(=O)c2ccc([N+](=O)[O-])cc2)cn1. The van der Waals surface area contributed by atoms with Crippen LogP contribution in [0.5, 0.6) is 5.88 Å². The highest BCUT2D eigenvalue weighted by Crippen LogP contribution is 2.24. The van der Waals surface area contributed by atoms with Crippen molar-refractivity contribution in [2.45, 2.75) is 12.8 Å². The first-order valence-electron chi connectivity index (χ1n) is 11.9. The maximum absolute atomic E-state index is 13.4. The molecule has 1 aliphatic heterocycles. The number of ketones is 1. The van der Waals surface area contributed by atoms with Gasteiger partial charge < -0.3 is 14.5 Å². The van der Waals surface area contributed by atoms with Gasteiger partial charge in [-0.1, -0.05) is 0 Å². The van der Waals surface area contributed by atoms with Crippen molar-refractivity contribution in [3.63, 3.8) is 0 Å². The van der Waals surface area contributed by atoms with Gasteiger partial charge in [-0.05, 0) is 68.4 Å². The van der Waals surface area contributed by atoms with E-state index in [0.717, 1.165) is 0 Å². The lowest BCUT2D eigenvalue weighted by Gasteiger charge is -2.33. The summed E-state index contributed by atoms with van der Waals surface area (Å²) in [7, 11) is 1.51. The van der Waals surface area contributed by atoms with Crippen LogP contribution in [0.25, 0.3) is 0 Å². The number of benzene rings is 2. The molecule has 1 amide bonds. The number of non-ortho nitro benzene ring substituents is 1. The van der Waals surface area contributed by atoms with Gasteiger partial charge in [0.15, 0.2) is 5.78 Å². The number of methoxy groups -OCH3 is 1. The molecule has 2 aromatic carbocycles. The first kappa shape index (κ1) is 25.9. The summed E-state index contributed by atoms with van der Waals surface area (Å²) >= 11 is 0. The average molecular weight is 507 g/mol. The molecule has 0 spiro atoms. The minimum absolute atomic E-state index is 0.0268. The minimum Gasteiger partial charge on any atom is -0.481 e. The van der Waals surface area contributed by atoms with E-state index >= 15 is 0 Å². The van der Waals surface area contributed by atoms with Gasteiger partial charge in [0.1, 0.15) is 5.82 Å². The van der Waals surface area contributed by atoms with Crippen molar-refractivity contribution < 1.29 is 23.6 Å². The van der Waals surface area contributed by atoms with E-state index < -0.39 is 4.92 Å². The van der Waals surface area contributed by atoms with Crippen LogP contribution in [0, 0.1) is 21.8 Å². The Morgan fingerprint density at radius 3 is 2.27 bits per heavy atom. The summed E-state index contributed by atoms with van der Waals surface area (Å²) < 4.78 is 18.3. The number of piperidine rings is 1. The normalized spacial score (nSPS) is 14.2. The number of Topliss-reactive ketones (excluding diaryl/α,β-unsaturated/α-hetero) is 1. The molecule has 0 aliphatic carbocycles. The smallest absolute Gasteiger partial charge is 0.269 e. The zero-order valence-electron chi connectivity index (χ0n) is 20.4. The van der Waals surface area contributed by atoms with E-state index in [1.54, 1.807) is 23.2 Å². The molecule has 0 bridgehead atoms. The van der Waals surface area contributed by atoms with Crippen molar-refractivity contribution in [1.29, 1.82) is 0 Å². The summed E-state index contributed by atoms with van der Waals surface area (Å²) in [6, 6.07) is 14.5. The quantitative estimate of drug-likeness (QED) is 0.241. The van der Waals surface area contributed by atoms with Crippen molar-refractivity contribution in [3.05, 3.63) is 93.9 Å². The van der Waals surface area contributed by atoms with E-state index in [-0.39, 0.29) is 29.1 Å². The van der Waals surface area contributed by atoms with Crippen LogP contribution >= 0.6 is 0 Å². The molecular formula is C27H27FN4O5. The summed E-state index contributed by atoms with van der Waals surface area (Å²) in [6.45, 7) is 2.32. The highest BCUT2D eigenvalue weighted by molar-refractivity contribution is 6.06. The fourth-order valence-corrected chi connectivity index (χ4v) is 4.39. The Morgan fingerprint density at radius 1 is 1.05 bits per heavy atom. The fraction of sp³-hybridized carbons (Fsp3) is 0.296. The standard InChI is InChI=1S/C27H27FN4O5/c1-37-25-11-10-24(18-29-25)31(27(34)21-4-8-23(9-5-21)32(35)36)17-16-30-14-12-20(13-15-30)26(33)19-2-6-22(28)7-3-19/h2-11,18,20H,12-17H2,1H3. The second kappa shape index (κ2) is 11.7. The van der Waals surface area contributed by atoms with Gasteiger partial charge in [0.25, 0.3) is 11.6 Å². The molecule has 1 aromatic heterocycles. The Hall–Kier alpha value is -4.18. The van der Waals surface area contributed by atoms with Gasteiger partial charge in [0.05, 0.1) is 23.9 Å². The number of amides is 1. The zero-order chi connectivity index (χ0) is 26.4. The number of carbonyl (C=O) groups excluding carboxylic acids is 2. The number of aromatic nitrogens is 1. The third-order valence-electron chi connectivity index (χ3n) is 6.54. The summed E-state index contributed by atoms with van der Waals surface area (Å²) in [4.78, 5) is 44.6. The molecule has 9 nitrogen and oxygen atoms in total. The maximum atomic E-state index is 13.4. The fourth-order valence-electron chi connectivity index (χ4n) is 4.39. The van der Waals surface area contributed by atoms with Gasteiger partial charge >= 0.3 is 0 Å². The third kappa shape index (κ3) is 6.34. The van der Waals surface area contributed by atoms with Gasteiger partial charge in [0, 0.05) is 48.3 Å². The molecule has 10 heteroatoms. The van der Waals surface area contributed by atoms with Crippen LogP contribution in [0.3, 0.4) is 0 Å². The number of likely N-dealkylation sites (tertiary alicyclic amines) is 1. The van der Waals surface area contributed by atoms with E-state index in [4.69, 9.17) is 4.74 Å². The summed E-state index contributed by atoms with van der Waals surface area (Å²) in [5, 5.41) is 11.0. The van der Waals surface area contributed by atoms with E-state index in [9.17, 15) is 24.1 Å². The topological polar surface area (TPSA) is 106 Å². The Morgan fingerprint density at radius 2 is 1.70 bits per heavy atom. The number of hydrogen-bond acceptors (Lipinski definition) is 7. The first-order chi connectivity index (χ1) is 17.9. The number of halogens is 1. The molecule has 37 heavy (non-hydrogen) atoms. The predicted octanol–water partition coefficient (Wildman–Crippen LogP) is 4.38. The lowest BCUT2D eigenvalue weighted by molar-refractivity contribution is -0.384. The third-order valence-corrected chi connectivity index (χ3v) is 6.54. The molecule has 4 rings (SSSR count). The molecule has 1 fully saturated rings. The van der Waals surface area contributed by atoms with Crippen LogP contribution in [0.15, 0.2) is 66.9 Å². The average Bonchev–Trinajstić information content (AvgIpc) is 2.94. The number of ether oxygens (including phenoxy) is 1.